The van der Waals surface area contributed by atoms with E-state index < -0.39 is 5.97 Å². The first-order valence-corrected chi connectivity index (χ1v) is 11.1. The topological polar surface area (TPSA) is 83.5 Å². The molecule has 8 nitrogen and oxygen atoms in total. The van der Waals surface area contributed by atoms with E-state index in [4.69, 9.17) is 23.7 Å². The Morgan fingerprint density at radius 1 is 0.909 bits per heavy atom. The lowest BCUT2D eigenvalue weighted by Crippen LogP contribution is -2.38. The van der Waals surface area contributed by atoms with Crippen molar-refractivity contribution in [3.05, 3.63) is 47.0 Å². The molecule has 1 heterocycles. The maximum absolute atomic E-state index is 12.7. The molecule has 1 amide bonds. The SMILES string of the molecule is CCCOc1ccc(C(=O)OCC(=O)N2CCc3cc(OC)c(OC)cc3C2)cc1OCC. The number of hydrogen-bond acceptors (Lipinski definition) is 7. The molecule has 33 heavy (non-hydrogen) atoms. The molecular weight excluding hydrogens is 426 g/mol. The summed E-state index contributed by atoms with van der Waals surface area (Å²) in [5.74, 6) is 1.50. The molecule has 0 unspecified atom stereocenters. The van der Waals surface area contributed by atoms with Crippen molar-refractivity contribution in [1.82, 2.24) is 4.90 Å². The van der Waals surface area contributed by atoms with Crippen LogP contribution in [0.4, 0.5) is 0 Å². The van der Waals surface area contributed by atoms with Crippen molar-refractivity contribution < 1.29 is 33.3 Å². The average molecular weight is 458 g/mol. The number of rotatable bonds is 10. The fourth-order valence-electron chi connectivity index (χ4n) is 3.63. The summed E-state index contributed by atoms with van der Waals surface area (Å²) >= 11 is 0. The minimum atomic E-state index is -0.588. The molecule has 0 saturated carbocycles. The maximum atomic E-state index is 12.7. The molecule has 0 saturated heterocycles. The van der Waals surface area contributed by atoms with Crippen LogP contribution in [0.25, 0.3) is 0 Å². The van der Waals surface area contributed by atoms with Gasteiger partial charge in [0.2, 0.25) is 0 Å². The summed E-state index contributed by atoms with van der Waals surface area (Å²) < 4.78 is 27.3. The van der Waals surface area contributed by atoms with Crippen LogP contribution in [0.5, 0.6) is 23.0 Å². The van der Waals surface area contributed by atoms with Gasteiger partial charge >= 0.3 is 5.97 Å². The van der Waals surface area contributed by atoms with Crippen LogP contribution in [0.1, 0.15) is 41.8 Å². The molecule has 2 aromatic rings. The van der Waals surface area contributed by atoms with Crippen molar-refractivity contribution in [1.29, 1.82) is 0 Å². The highest BCUT2D eigenvalue weighted by molar-refractivity contribution is 5.92. The van der Waals surface area contributed by atoms with Crippen molar-refractivity contribution >= 4 is 11.9 Å². The first kappa shape index (κ1) is 24.2. The average Bonchev–Trinajstić information content (AvgIpc) is 2.85. The van der Waals surface area contributed by atoms with Crippen molar-refractivity contribution in [2.75, 3.05) is 40.6 Å². The summed E-state index contributed by atoms with van der Waals surface area (Å²) in [5, 5.41) is 0. The van der Waals surface area contributed by atoms with Crippen LogP contribution in [-0.2, 0) is 22.5 Å². The number of hydrogen-bond donors (Lipinski definition) is 0. The van der Waals surface area contributed by atoms with Gasteiger partial charge in [0.05, 0.1) is 33.0 Å². The van der Waals surface area contributed by atoms with Crippen LogP contribution >= 0.6 is 0 Å². The molecule has 0 spiro atoms. The summed E-state index contributed by atoms with van der Waals surface area (Å²) in [6, 6.07) is 8.70. The largest absolute Gasteiger partial charge is 0.493 e. The summed E-state index contributed by atoms with van der Waals surface area (Å²) in [6.07, 6.45) is 1.55. The zero-order chi connectivity index (χ0) is 23.8. The predicted molar refractivity (Wildman–Crippen MR) is 122 cm³/mol. The molecule has 0 radical (unpaired) electrons. The predicted octanol–water partition coefficient (Wildman–Crippen LogP) is 3.63. The molecule has 0 atom stereocenters. The molecule has 0 aliphatic carbocycles. The summed E-state index contributed by atoms with van der Waals surface area (Å²) in [5.41, 5.74) is 2.40. The maximum Gasteiger partial charge on any atom is 0.338 e. The number of carbonyl (C=O) groups is 2. The van der Waals surface area contributed by atoms with Gasteiger partial charge in [-0.3, -0.25) is 4.79 Å². The Balaban J connectivity index is 1.62. The van der Waals surface area contributed by atoms with E-state index >= 15 is 0 Å². The first-order chi connectivity index (χ1) is 16.0. The van der Waals surface area contributed by atoms with Gasteiger partial charge in [-0.15, -0.1) is 0 Å². The van der Waals surface area contributed by atoms with E-state index in [0.717, 1.165) is 17.5 Å². The quantitative estimate of drug-likeness (QED) is 0.504. The molecule has 1 aliphatic rings. The van der Waals surface area contributed by atoms with Crippen molar-refractivity contribution in [3.63, 3.8) is 0 Å². The van der Waals surface area contributed by atoms with Crippen LogP contribution in [0.3, 0.4) is 0 Å². The number of esters is 1. The molecule has 8 heteroatoms. The van der Waals surface area contributed by atoms with E-state index in [1.165, 1.54) is 0 Å². The Morgan fingerprint density at radius 3 is 2.30 bits per heavy atom. The second-order valence-corrected chi connectivity index (χ2v) is 7.56. The van der Waals surface area contributed by atoms with Crippen molar-refractivity contribution in [2.45, 2.75) is 33.2 Å². The number of carbonyl (C=O) groups excluding carboxylic acids is 2. The van der Waals surface area contributed by atoms with Crippen LogP contribution in [0.2, 0.25) is 0 Å². The van der Waals surface area contributed by atoms with E-state index in [1.54, 1.807) is 37.3 Å². The molecule has 178 valence electrons. The Kier molecular flexibility index (Phi) is 8.40. The summed E-state index contributed by atoms with van der Waals surface area (Å²) in [7, 11) is 3.18. The third kappa shape index (κ3) is 5.88. The highest BCUT2D eigenvalue weighted by Gasteiger charge is 2.24. The van der Waals surface area contributed by atoms with Gasteiger partial charge in [-0.1, -0.05) is 6.92 Å². The van der Waals surface area contributed by atoms with Gasteiger partial charge < -0.3 is 28.6 Å². The lowest BCUT2D eigenvalue weighted by atomic mass is 9.99. The third-order valence-electron chi connectivity index (χ3n) is 5.34. The lowest BCUT2D eigenvalue weighted by molar-refractivity contribution is -0.135. The number of nitrogens with zero attached hydrogens (tertiary/aromatic N) is 1. The van der Waals surface area contributed by atoms with Gasteiger partial charge in [-0.2, -0.15) is 0 Å². The summed E-state index contributed by atoms with van der Waals surface area (Å²) in [6.45, 7) is 5.48. The summed E-state index contributed by atoms with van der Waals surface area (Å²) in [4.78, 5) is 26.9. The Morgan fingerprint density at radius 2 is 1.64 bits per heavy atom. The van der Waals surface area contributed by atoms with Crippen LogP contribution in [0.15, 0.2) is 30.3 Å². The Labute approximate surface area is 194 Å². The number of benzene rings is 2. The fourth-order valence-corrected chi connectivity index (χ4v) is 3.63. The first-order valence-electron chi connectivity index (χ1n) is 11.1. The molecule has 0 bridgehead atoms. The Hall–Kier alpha value is -3.42. The number of methoxy groups -OCH3 is 2. The number of amides is 1. The number of ether oxygens (including phenoxy) is 5. The minimum Gasteiger partial charge on any atom is -0.493 e. The van der Waals surface area contributed by atoms with Gasteiger partial charge in [-0.05, 0) is 61.2 Å². The van der Waals surface area contributed by atoms with Gasteiger partial charge in [0.15, 0.2) is 29.6 Å². The van der Waals surface area contributed by atoms with Gasteiger partial charge in [0, 0.05) is 13.1 Å². The van der Waals surface area contributed by atoms with Crippen LogP contribution in [0, 0.1) is 0 Å². The molecule has 0 aromatic heterocycles. The van der Waals surface area contributed by atoms with Gasteiger partial charge in [0.25, 0.3) is 5.91 Å². The Bertz CT molecular complexity index is 989. The standard InChI is InChI=1S/C25H31NO7/c1-5-11-32-20-8-7-18(13-23(20)31-6-2)25(28)33-16-24(27)26-10-9-17-12-21(29-3)22(30-4)14-19(17)15-26/h7-8,12-14H,5-6,9-11,15-16H2,1-4H3. The molecule has 1 aliphatic heterocycles. The van der Waals surface area contributed by atoms with Crippen molar-refractivity contribution in [2.24, 2.45) is 0 Å². The van der Waals surface area contributed by atoms with Crippen LogP contribution < -0.4 is 18.9 Å². The zero-order valence-electron chi connectivity index (χ0n) is 19.6. The number of fused-ring (bicyclic) bond motifs is 1. The van der Waals surface area contributed by atoms with Gasteiger partial charge in [0.1, 0.15) is 0 Å². The highest BCUT2D eigenvalue weighted by Crippen LogP contribution is 2.33. The van der Waals surface area contributed by atoms with E-state index in [1.807, 2.05) is 26.0 Å². The second kappa shape index (κ2) is 11.4. The highest BCUT2D eigenvalue weighted by atomic mass is 16.5. The minimum absolute atomic E-state index is 0.253. The third-order valence-corrected chi connectivity index (χ3v) is 5.34. The monoisotopic (exact) mass is 457 g/mol. The van der Waals surface area contributed by atoms with Crippen LogP contribution in [-0.4, -0.2) is 57.4 Å². The zero-order valence-corrected chi connectivity index (χ0v) is 19.6. The normalized spacial score (nSPS) is 12.5. The molecule has 2 aromatic carbocycles. The van der Waals surface area contributed by atoms with E-state index in [9.17, 15) is 9.59 Å². The second-order valence-electron chi connectivity index (χ2n) is 7.56. The van der Waals surface area contributed by atoms with Crippen molar-refractivity contribution in [3.8, 4) is 23.0 Å². The molecule has 3 rings (SSSR count). The van der Waals surface area contributed by atoms with Gasteiger partial charge in [-0.25, -0.2) is 4.79 Å². The van der Waals surface area contributed by atoms with E-state index in [0.29, 0.717) is 61.3 Å². The van der Waals surface area contributed by atoms with E-state index in [-0.39, 0.29) is 12.5 Å². The lowest BCUT2D eigenvalue weighted by Gasteiger charge is -2.29. The molecular formula is C25H31NO7. The molecule has 0 fully saturated rings. The van der Waals surface area contributed by atoms with E-state index in [2.05, 4.69) is 0 Å². The smallest absolute Gasteiger partial charge is 0.338 e. The molecule has 0 N–H and O–H groups in total. The fraction of sp³-hybridized carbons (Fsp3) is 0.440.